The Morgan fingerprint density at radius 1 is 1.24 bits per heavy atom. The zero-order valence-electron chi connectivity index (χ0n) is 13.3. The van der Waals surface area contributed by atoms with E-state index in [1.54, 1.807) is 0 Å². The standard InChI is InChI=1S/C18H28N2O/c1-14-8-6-7-11-17(14)20-18(21)19-15(2)12-13-16-9-4-3-5-10-16/h3-5,9-10,14-15,17H,6-8,11-13H2,1-2H3,(H2,19,20,21)/t14-,15+,17+/m0/s1. The first-order valence-electron chi connectivity index (χ1n) is 8.26. The van der Waals surface area contributed by atoms with Crippen molar-refractivity contribution in [3.8, 4) is 0 Å². The molecular weight excluding hydrogens is 260 g/mol. The lowest BCUT2D eigenvalue weighted by Gasteiger charge is -2.30. The SMILES string of the molecule is C[C@H](CCc1ccccc1)NC(=O)N[C@@H]1CCCC[C@@H]1C. The predicted octanol–water partition coefficient (Wildman–Crippen LogP) is 3.89. The number of amides is 2. The number of rotatable bonds is 5. The molecule has 0 saturated heterocycles. The Hall–Kier alpha value is -1.51. The van der Waals surface area contributed by atoms with Crippen LogP contribution in [0.5, 0.6) is 0 Å². The number of carbonyl (C=O) groups excluding carboxylic acids is 1. The molecule has 0 aliphatic heterocycles. The number of hydrogen-bond donors (Lipinski definition) is 2. The zero-order valence-corrected chi connectivity index (χ0v) is 13.3. The van der Waals surface area contributed by atoms with Crippen LogP contribution in [0.3, 0.4) is 0 Å². The largest absolute Gasteiger partial charge is 0.336 e. The van der Waals surface area contributed by atoms with Crippen LogP contribution in [0.25, 0.3) is 0 Å². The highest BCUT2D eigenvalue weighted by atomic mass is 16.2. The summed E-state index contributed by atoms with van der Waals surface area (Å²) < 4.78 is 0. The number of hydrogen-bond acceptors (Lipinski definition) is 1. The van der Waals surface area contributed by atoms with Crippen LogP contribution in [0.2, 0.25) is 0 Å². The maximum Gasteiger partial charge on any atom is 0.315 e. The Kier molecular flexibility index (Phi) is 6.09. The van der Waals surface area contributed by atoms with E-state index in [0.29, 0.717) is 12.0 Å². The lowest BCUT2D eigenvalue weighted by Crippen LogP contribution is -2.48. The Morgan fingerprint density at radius 3 is 2.67 bits per heavy atom. The highest BCUT2D eigenvalue weighted by molar-refractivity contribution is 5.74. The Labute approximate surface area is 128 Å². The number of urea groups is 1. The molecule has 1 aliphatic carbocycles. The molecule has 1 aliphatic rings. The number of aryl methyl sites for hydroxylation is 1. The van der Waals surface area contributed by atoms with Crippen LogP contribution in [-0.2, 0) is 6.42 Å². The van der Waals surface area contributed by atoms with Gasteiger partial charge in [0, 0.05) is 12.1 Å². The van der Waals surface area contributed by atoms with E-state index in [-0.39, 0.29) is 12.1 Å². The fourth-order valence-electron chi connectivity index (χ4n) is 3.06. The van der Waals surface area contributed by atoms with E-state index in [1.165, 1.54) is 24.8 Å². The van der Waals surface area contributed by atoms with Crippen molar-refractivity contribution in [1.29, 1.82) is 0 Å². The van der Waals surface area contributed by atoms with E-state index in [2.05, 4.69) is 48.7 Å². The van der Waals surface area contributed by atoms with Gasteiger partial charge in [0.05, 0.1) is 0 Å². The molecule has 21 heavy (non-hydrogen) atoms. The predicted molar refractivity (Wildman–Crippen MR) is 87.3 cm³/mol. The van der Waals surface area contributed by atoms with Crippen LogP contribution in [0, 0.1) is 5.92 Å². The van der Waals surface area contributed by atoms with E-state index in [4.69, 9.17) is 0 Å². The van der Waals surface area contributed by atoms with Gasteiger partial charge in [-0.05, 0) is 44.1 Å². The minimum absolute atomic E-state index is 0.00527. The first-order chi connectivity index (χ1) is 10.1. The third kappa shape index (κ3) is 5.41. The second-order valence-corrected chi connectivity index (χ2v) is 6.41. The average Bonchev–Trinajstić information content (AvgIpc) is 2.48. The van der Waals surface area contributed by atoms with Gasteiger partial charge in [-0.2, -0.15) is 0 Å². The van der Waals surface area contributed by atoms with E-state index >= 15 is 0 Å². The molecule has 3 atom stereocenters. The van der Waals surface area contributed by atoms with Gasteiger partial charge in [0.15, 0.2) is 0 Å². The van der Waals surface area contributed by atoms with Gasteiger partial charge in [-0.1, -0.05) is 50.1 Å². The molecule has 0 aromatic heterocycles. The molecule has 3 nitrogen and oxygen atoms in total. The van der Waals surface area contributed by atoms with Crippen LogP contribution in [-0.4, -0.2) is 18.1 Å². The summed E-state index contributed by atoms with van der Waals surface area (Å²) in [6, 6.07) is 11.0. The smallest absolute Gasteiger partial charge is 0.315 e. The van der Waals surface area contributed by atoms with Crippen LogP contribution in [0.1, 0.15) is 51.5 Å². The van der Waals surface area contributed by atoms with E-state index in [9.17, 15) is 4.79 Å². The number of nitrogens with one attached hydrogen (secondary N) is 2. The third-order valence-electron chi connectivity index (χ3n) is 4.51. The van der Waals surface area contributed by atoms with E-state index < -0.39 is 0 Å². The third-order valence-corrected chi connectivity index (χ3v) is 4.51. The first-order valence-corrected chi connectivity index (χ1v) is 8.26. The number of benzene rings is 1. The van der Waals surface area contributed by atoms with Gasteiger partial charge in [0.25, 0.3) is 0 Å². The van der Waals surface area contributed by atoms with Crippen molar-refractivity contribution in [3.63, 3.8) is 0 Å². The minimum atomic E-state index is -0.00527. The van der Waals surface area contributed by atoms with Crippen LogP contribution in [0.4, 0.5) is 4.79 Å². The van der Waals surface area contributed by atoms with Gasteiger partial charge in [-0.15, -0.1) is 0 Å². The average molecular weight is 288 g/mol. The molecule has 116 valence electrons. The van der Waals surface area contributed by atoms with Gasteiger partial charge in [0.1, 0.15) is 0 Å². The number of carbonyl (C=O) groups is 1. The molecule has 1 saturated carbocycles. The van der Waals surface area contributed by atoms with Gasteiger partial charge < -0.3 is 10.6 Å². The maximum absolute atomic E-state index is 12.1. The summed E-state index contributed by atoms with van der Waals surface area (Å²) in [6.45, 7) is 4.32. The molecule has 0 radical (unpaired) electrons. The molecule has 0 spiro atoms. The summed E-state index contributed by atoms with van der Waals surface area (Å²) in [5.41, 5.74) is 1.33. The maximum atomic E-state index is 12.1. The van der Waals surface area contributed by atoms with Gasteiger partial charge in [0.2, 0.25) is 0 Å². The Bertz CT molecular complexity index is 432. The van der Waals surface area contributed by atoms with Crippen molar-refractivity contribution in [2.24, 2.45) is 5.92 Å². The molecular formula is C18H28N2O. The summed E-state index contributed by atoms with van der Waals surface area (Å²) >= 11 is 0. The summed E-state index contributed by atoms with van der Waals surface area (Å²) in [7, 11) is 0. The summed E-state index contributed by atoms with van der Waals surface area (Å²) in [5.74, 6) is 0.601. The molecule has 1 aromatic carbocycles. The Morgan fingerprint density at radius 2 is 1.95 bits per heavy atom. The van der Waals surface area contributed by atoms with Crippen LogP contribution in [0.15, 0.2) is 30.3 Å². The molecule has 2 rings (SSSR count). The minimum Gasteiger partial charge on any atom is -0.336 e. The fraction of sp³-hybridized carbons (Fsp3) is 0.611. The van der Waals surface area contributed by atoms with Gasteiger partial charge in [-0.3, -0.25) is 0 Å². The van der Waals surface area contributed by atoms with Gasteiger partial charge in [-0.25, -0.2) is 4.79 Å². The molecule has 0 heterocycles. The molecule has 1 aromatic rings. The van der Waals surface area contributed by atoms with Crippen molar-refractivity contribution in [2.45, 2.75) is 64.5 Å². The second kappa shape index (κ2) is 8.06. The van der Waals surface area contributed by atoms with Crippen molar-refractivity contribution in [1.82, 2.24) is 10.6 Å². The summed E-state index contributed by atoms with van der Waals surface area (Å²) in [5, 5.41) is 6.22. The zero-order chi connectivity index (χ0) is 15.1. The molecule has 2 N–H and O–H groups in total. The lowest BCUT2D eigenvalue weighted by molar-refractivity contribution is 0.218. The van der Waals surface area contributed by atoms with Gasteiger partial charge >= 0.3 is 6.03 Å². The van der Waals surface area contributed by atoms with E-state index in [1.807, 2.05) is 6.07 Å². The van der Waals surface area contributed by atoms with Crippen molar-refractivity contribution < 1.29 is 4.79 Å². The quantitative estimate of drug-likeness (QED) is 0.848. The lowest BCUT2D eigenvalue weighted by atomic mass is 9.86. The van der Waals surface area contributed by atoms with Crippen molar-refractivity contribution in [2.75, 3.05) is 0 Å². The molecule has 2 amide bonds. The molecule has 3 heteroatoms. The van der Waals surface area contributed by atoms with Crippen molar-refractivity contribution >= 4 is 6.03 Å². The van der Waals surface area contributed by atoms with E-state index in [0.717, 1.165) is 19.3 Å². The molecule has 0 unspecified atom stereocenters. The van der Waals surface area contributed by atoms with Crippen molar-refractivity contribution in [3.05, 3.63) is 35.9 Å². The topological polar surface area (TPSA) is 41.1 Å². The Balaban J connectivity index is 1.69. The highest BCUT2D eigenvalue weighted by Gasteiger charge is 2.23. The van der Waals surface area contributed by atoms with Crippen LogP contribution >= 0.6 is 0 Å². The normalized spacial score (nSPS) is 23.3. The summed E-state index contributed by atoms with van der Waals surface area (Å²) in [4.78, 5) is 12.1. The first kappa shape index (κ1) is 15.9. The summed E-state index contributed by atoms with van der Waals surface area (Å²) in [6.07, 6.45) is 6.86. The molecule has 0 bridgehead atoms. The highest BCUT2D eigenvalue weighted by Crippen LogP contribution is 2.23. The molecule has 1 fully saturated rings. The fourth-order valence-corrected chi connectivity index (χ4v) is 3.06. The second-order valence-electron chi connectivity index (χ2n) is 6.41. The van der Waals surface area contributed by atoms with Crippen LogP contribution < -0.4 is 10.6 Å². The monoisotopic (exact) mass is 288 g/mol.